The second kappa shape index (κ2) is 9.88. The first-order valence-corrected chi connectivity index (χ1v) is 8.19. The second-order valence-electron chi connectivity index (χ2n) is 5.81. The summed E-state index contributed by atoms with van der Waals surface area (Å²) in [5.41, 5.74) is 0.745. The van der Waals surface area contributed by atoms with Crippen molar-refractivity contribution in [3.8, 4) is 0 Å². The number of carboxylic acids is 1. The number of carboxylic acid groups (broad SMARTS) is 1. The molecule has 8 heteroatoms. The lowest BCUT2D eigenvalue weighted by atomic mass is 9.99. The molecule has 0 radical (unpaired) electrons. The quantitative estimate of drug-likeness (QED) is 0.538. The smallest absolute Gasteiger partial charge is 0.410 e. The molecule has 0 spiro atoms. The van der Waals surface area contributed by atoms with Gasteiger partial charge >= 0.3 is 18.0 Å². The highest BCUT2D eigenvalue weighted by Gasteiger charge is 2.21. The van der Waals surface area contributed by atoms with Crippen LogP contribution in [0.2, 0.25) is 5.02 Å². The highest BCUT2D eigenvalue weighted by molar-refractivity contribution is 6.30. The summed E-state index contributed by atoms with van der Waals surface area (Å²) >= 11 is 5.88. The molecule has 1 aromatic rings. The van der Waals surface area contributed by atoms with E-state index in [1.54, 1.807) is 38.1 Å². The molecule has 0 aliphatic rings. The Balaban J connectivity index is 2.50. The number of rotatable bonds is 8. The molecule has 138 valence electrons. The molecule has 1 rings (SSSR count). The Labute approximate surface area is 151 Å². The number of alkyl carbamates (subject to hydrolysis) is 1. The van der Waals surface area contributed by atoms with Crippen molar-refractivity contribution in [2.45, 2.75) is 33.5 Å². The summed E-state index contributed by atoms with van der Waals surface area (Å²) in [6.45, 7) is 4.58. The van der Waals surface area contributed by atoms with Crippen molar-refractivity contribution in [3.63, 3.8) is 0 Å². The van der Waals surface area contributed by atoms with E-state index in [2.05, 4.69) is 5.32 Å². The Morgan fingerprint density at radius 1 is 1.20 bits per heavy atom. The number of amides is 1. The number of carbonyl (C=O) groups is 3. The van der Waals surface area contributed by atoms with Crippen LogP contribution in [0.3, 0.4) is 0 Å². The summed E-state index contributed by atoms with van der Waals surface area (Å²) in [4.78, 5) is 34.4. The molecule has 0 saturated heterocycles. The van der Waals surface area contributed by atoms with Gasteiger partial charge in [0.15, 0.2) is 0 Å². The highest BCUT2D eigenvalue weighted by atomic mass is 35.5. The lowest BCUT2D eigenvalue weighted by molar-refractivity contribution is -0.168. The van der Waals surface area contributed by atoms with Gasteiger partial charge in [0.2, 0.25) is 6.29 Å². The Bertz CT molecular complexity index is 619. The molecule has 1 aromatic carbocycles. The van der Waals surface area contributed by atoms with E-state index >= 15 is 0 Å². The fourth-order valence-electron chi connectivity index (χ4n) is 1.92. The number of ether oxygens (including phenoxy) is 2. The van der Waals surface area contributed by atoms with Crippen LogP contribution in [-0.4, -0.2) is 36.0 Å². The fourth-order valence-corrected chi connectivity index (χ4v) is 2.13. The molecule has 2 N–H and O–H groups in total. The predicted molar refractivity (Wildman–Crippen MR) is 91.2 cm³/mol. The first-order valence-electron chi connectivity index (χ1n) is 7.81. The Hall–Kier alpha value is -2.28. The number of hydrogen-bond acceptors (Lipinski definition) is 5. The van der Waals surface area contributed by atoms with Crippen LogP contribution in [0.5, 0.6) is 0 Å². The largest absolute Gasteiger partial charge is 0.481 e. The summed E-state index contributed by atoms with van der Waals surface area (Å²) in [5.74, 6) is -2.74. The second-order valence-corrected chi connectivity index (χ2v) is 6.25. The first kappa shape index (κ1) is 20.8. The number of esters is 1. The van der Waals surface area contributed by atoms with E-state index in [1.807, 2.05) is 0 Å². The SMILES string of the molecule is CC(C)C(=O)O[C@@H](C)OC(=O)NC[C@H](Cc1cccc(Cl)c1)C(=O)O. The molecular formula is C17H22ClNO6. The molecule has 7 nitrogen and oxygen atoms in total. The minimum absolute atomic E-state index is 0.133. The van der Waals surface area contributed by atoms with Gasteiger partial charge in [-0.1, -0.05) is 37.6 Å². The molecule has 0 unspecified atom stereocenters. The number of nitrogens with one attached hydrogen (secondary N) is 1. The summed E-state index contributed by atoms with van der Waals surface area (Å²) in [7, 11) is 0. The average molecular weight is 372 g/mol. The number of halogens is 1. The molecule has 0 saturated carbocycles. The topological polar surface area (TPSA) is 102 Å². The number of hydrogen-bond donors (Lipinski definition) is 2. The minimum atomic E-state index is -1.06. The summed E-state index contributed by atoms with van der Waals surface area (Å²) < 4.78 is 9.76. The van der Waals surface area contributed by atoms with Gasteiger partial charge in [-0.25, -0.2) is 4.79 Å². The lowest BCUT2D eigenvalue weighted by Crippen LogP contribution is -2.36. The normalized spacial score (nSPS) is 13.0. The third-order valence-corrected chi connectivity index (χ3v) is 3.47. The fraction of sp³-hybridized carbons (Fsp3) is 0.471. The Morgan fingerprint density at radius 2 is 1.88 bits per heavy atom. The van der Waals surface area contributed by atoms with Gasteiger partial charge < -0.3 is 19.9 Å². The maximum absolute atomic E-state index is 11.7. The van der Waals surface area contributed by atoms with E-state index in [-0.39, 0.29) is 18.9 Å². The molecule has 0 heterocycles. The van der Waals surface area contributed by atoms with Gasteiger partial charge in [-0.3, -0.25) is 9.59 Å². The van der Waals surface area contributed by atoms with Crippen LogP contribution in [0, 0.1) is 11.8 Å². The van der Waals surface area contributed by atoms with E-state index in [9.17, 15) is 19.5 Å². The van der Waals surface area contributed by atoms with Crippen LogP contribution in [-0.2, 0) is 25.5 Å². The molecule has 1 amide bonds. The van der Waals surface area contributed by atoms with Gasteiger partial charge in [-0.05, 0) is 24.1 Å². The average Bonchev–Trinajstić information content (AvgIpc) is 2.50. The van der Waals surface area contributed by atoms with Crippen molar-refractivity contribution >= 4 is 29.6 Å². The first-order chi connectivity index (χ1) is 11.7. The van der Waals surface area contributed by atoms with Gasteiger partial charge in [-0.15, -0.1) is 0 Å². The van der Waals surface area contributed by atoms with Crippen LogP contribution in [0.4, 0.5) is 4.79 Å². The Morgan fingerprint density at radius 3 is 2.44 bits per heavy atom. The van der Waals surface area contributed by atoms with Gasteiger partial charge in [0.05, 0.1) is 11.8 Å². The Kier molecular flexibility index (Phi) is 8.21. The van der Waals surface area contributed by atoms with Crippen molar-refractivity contribution in [1.82, 2.24) is 5.32 Å². The highest BCUT2D eigenvalue weighted by Crippen LogP contribution is 2.14. The van der Waals surface area contributed by atoms with E-state index in [0.29, 0.717) is 5.02 Å². The van der Waals surface area contributed by atoms with Gasteiger partial charge in [0.25, 0.3) is 0 Å². The molecule has 0 fully saturated rings. The van der Waals surface area contributed by atoms with E-state index in [4.69, 9.17) is 21.1 Å². The van der Waals surface area contributed by atoms with Crippen LogP contribution in [0.1, 0.15) is 26.3 Å². The standard InChI is InChI=1S/C17H22ClNO6/c1-10(2)16(22)24-11(3)25-17(23)19-9-13(15(20)21)7-12-5-4-6-14(18)8-12/h4-6,8,10-11,13H,7,9H2,1-3H3,(H,19,23)(H,20,21)/t11-,13+/m1/s1. The lowest BCUT2D eigenvalue weighted by Gasteiger charge is -2.17. The summed E-state index contributed by atoms with van der Waals surface area (Å²) in [6, 6.07) is 6.84. The zero-order valence-corrected chi connectivity index (χ0v) is 15.1. The molecule has 0 aliphatic heterocycles. The van der Waals surface area contributed by atoms with Crippen molar-refractivity contribution in [2.24, 2.45) is 11.8 Å². The van der Waals surface area contributed by atoms with Crippen molar-refractivity contribution in [1.29, 1.82) is 0 Å². The molecule has 0 aromatic heterocycles. The molecule has 25 heavy (non-hydrogen) atoms. The van der Waals surface area contributed by atoms with Crippen LogP contribution < -0.4 is 5.32 Å². The summed E-state index contributed by atoms with van der Waals surface area (Å²) in [5, 5.41) is 12.2. The van der Waals surface area contributed by atoms with E-state index < -0.39 is 30.2 Å². The number of aliphatic carboxylic acids is 1. The molecular weight excluding hydrogens is 350 g/mol. The number of carbonyl (C=O) groups excluding carboxylic acids is 2. The third kappa shape index (κ3) is 7.89. The van der Waals surface area contributed by atoms with Gasteiger partial charge in [-0.2, -0.15) is 0 Å². The van der Waals surface area contributed by atoms with E-state index in [0.717, 1.165) is 5.56 Å². The molecule has 0 bridgehead atoms. The van der Waals surface area contributed by atoms with Gasteiger partial charge in [0, 0.05) is 18.5 Å². The van der Waals surface area contributed by atoms with Crippen molar-refractivity contribution in [2.75, 3.05) is 6.54 Å². The maximum Gasteiger partial charge on any atom is 0.410 e. The van der Waals surface area contributed by atoms with Crippen molar-refractivity contribution in [3.05, 3.63) is 34.9 Å². The zero-order valence-electron chi connectivity index (χ0n) is 14.3. The molecule has 2 atom stereocenters. The zero-order chi connectivity index (χ0) is 19.0. The predicted octanol–water partition coefficient (Wildman–Crippen LogP) is 2.85. The van der Waals surface area contributed by atoms with Crippen LogP contribution >= 0.6 is 11.6 Å². The van der Waals surface area contributed by atoms with E-state index in [1.165, 1.54) is 6.92 Å². The third-order valence-electron chi connectivity index (χ3n) is 3.24. The van der Waals surface area contributed by atoms with Crippen molar-refractivity contribution < 1.29 is 29.0 Å². The number of benzene rings is 1. The minimum Gasteiger partial charge on any atom is -0.481 e. The maximum atomic E-state index is 11.7. The van der Waals surface area contributed by atoms with Gasteiger partial charge in [0.1, 0.15) is 0 Å². The monoisotopic (exact) mass is 371 g/mol. The van der Waals surface area contributed by atoms with Crippen LogP contribution in [0.25, 0.3) is 0 Å². The summed E-state index contributed by atoms with van der Waals surface area (Å²) in [6.07, 6.45) is -1.72. The molecule has 0 aliphatic carbocycles. The van der Waals surface area contributed by atoms with Crippen LogP contribution in [0.15, 0.2) is 24.3 Å².